The number of benzene rings is 1. The van der Waals surface area contributed by atoms with Crippen molar-refractivity contribution in [2.45, 2.75) is 6.92 Å². The zero-order valence-corrected chi connectivity index (χ0v) is 9.31. The van der Waals surface area contributed by atoms with Crippen molar-refractivity contribution in [3.63, 3.8) is 0 Å². The molecular weight excluding hydrogens is 188 g/mol. The van der Waals surface area contributed by atoms with Crippen LogP contribution in [0.5, 0.6) is 0 Å². The maximum absolute atomic E-state index is 11.9. The molecule has 1 aromatic rings. The van der Waals surface area contributed by atoms with E-state index in [-0.39, 0.29) is 5.91 Å². The molecule has 1 atom stereocenters. The molecule has 3 heteroatoms. The van der Waals surface area contributed by atoms with E-state index in [9.17, 15) is 4.79 Å². The molecule has 0 aliphatic rings. The molecule has 0 radical (unpaired) electrons. The highest BCUT2D eigenvalue weighted by atomic mass is 16.2. The summed E-state index contributed by atoms with van der Waals surface area (Å²) in [5.41, 5.74) is 6.25. The molecule has 0 spiro atoms. The Morgan fingerprint density at radius 1 is 1.40 bits per heavy atom. The van der Waals surface area contributed by atoms with Crippen molar-refractivity contribution >= 4 is 5.91 Å². The summed E-state index contributed by atoms with van der Waals surface area (Å²) in [6.45, 7) is 3.34. The second-order valence-corrected chi connectivity index (χ2v) is 3.89. The van der Waals surface area contributed by atoms with Gasteiger partial charge in [-0.15, -0.1) is 0 Å². The zero-order chi connectivity index (χ0) is 11.3. The summed E-state index contributed by atoms with van der Waals surface area (Å²) in [7, 11) is 1.81. The van der Waals surface area contributed by atoms with Crippen molar-refractivity contribution < 1.29 is 4.79 Å². The van der Waals surface area contributed by atoms with Gasteiger partial charge in [0.1, 0.15) is 0 Å². The lowest BCUT2D eigenvalue weighted by atomic mass is 10.1. The van der Waals surface area contributed by atoms with Gasteiger partial charge in [0.05, 0.1) is 0 Å². The van der Waals surface area contributed by atoms with E-state index in [2.05, 4.69) is 0 Å². The first kappa shape index (κ1) is 11.7. The Bertz CT molecular complexity index is 311. The first-order chi connectivity index (χ1) is 7.15. The summed E-state index contributed by atoms with van der Waals surface area (Å²) >= 11 is 0. The van der Waals surface area contributed by atoms with Crippen molar-refractivity contribution in [1.29, 1.82) is 0 Å². The van der Waals surface area contributed by atoms with E-state index < -0.39 is 0 Å². The van der Waals surface area contributed by atoms with Gasteiger partial charge in [-0.1, -0.05) is 25.1 Å². The molecule has 0 saturated carbocycles. The van der Waals surface area contributed by atoms with Gasteiger partial charge in [-0.25, -0.2) is 0 Å². The van der Waals surface area contributed by atoms with Crippen LogP contribution >= 0.6 is 0 Å². The van der Waals surface area contributed by atoms with Crippen LogP contribution in [0, 0.1) is 5.92 Å². The molecule has 2 N–H and O–H groups in total. The van der Waals surface area contributed by atoms with Crippen molar-refractivity contribution in [1.82, 2.24) is 4.90 Å². The molecule has 0 saturated heterocycles. The first-order valence-corrected chi connectivity index (χ1v) is 5.15. The van der Waals surface area contributed by atoms with Gasteiger partial charge < -0.3 is 10.6 Å². The highest BCUT2D eigenvalue weighted by molar-refractivity contribution is 5.93. The van der Waals surface area contributed by atoms with Crippen molar-refractivity contribution in [3.05, 3.63) is 35.9 Å². The second-order valence-electron chi connectivity index (χ2n) is 3.89. The lowest BCUT2D eigenvalue weighted by Crippen LogP contribution is -2.33. The summed E-state index contributed by atoms with van der Waals surface area (Å²) in [6, 6.07) is 9.29. The smallest absolute Gasteiger partial charge is 0.253 e. The quantitative estimate of drug-likeness (QED) is 0.808. The first-order valence-electron chi connectivity index (χ1n) is 5.15. The normalized spacial score (nSPS) is 12.2. The lowest BCUT2D eigenvalue weighted by molar-refractivity contribution is 0.0777. The van der Waals surface area contributed by atoms with Crippen LogP contribution in [-0.2, 0) is 0 Å². The van der Waals surface area contributed by atoms with Gasteiger partial charge in [-0.3, -0.25) is 4.79 Å². The van der Waals surface area contributed by atoms with E-state index in [1.165, 1.54) is 0 Å². The number of carbonyl (C=O) groups excluding carboxylic acids is 1. The Labute approximate surface area is 90.9 Å². The third-order valence-corrected chi connectivity index (χ3v) is 2.36. The predicted octanol–water partition coefficient (Wildman–Crippen LogP) is 1.35. The van der Waals surface area contributed by atoms with Crippen molar-refractivity contribution in [2.75, 3.05) is 20.1 Å². The average Bonchev–Trinajstić information content (AvgIpc) is 2.29. The van der Waals surface area contributed by atoms with Crippen LogP contribution < -0.4 is 5.73 Å². The fourth-order valence-corrected chi connectivity index (χ4v) is 1.43. The molecule has 0 aliphatic heterocycles. The van der Waals surface area contributed by atoms with E-state index in [4.69, 9.17) is 5.73 Å². The average molecular weight is 206 g/mol. The number of nitrogens with zero attached hydrogens (tertiary/aromatic N) is 1. The minimum Gasteiger partial charge on any atom is -0.341 e. The molecule has 82 valence electrons. The molecule has 15 heavy (non-hydrogen) atoms. The van der Waals surface area contributed by atoms with Crippen LogP contribution in [-0.4, -0.2) is 30.9 Å². The van der Waals surface area contributed by atoms with Gasteiger partial charge in [0.25, 0.3) is 5.91 Å². The summed E-state index contributed by atoms with van der Waals surface area (Å²) in [5, 5.41) is 0. The molecule has 3 nitrogen and oxygen atoms in total. The predicted molar refractivity (Wildman–Crippen MR) is 61.6 cm³/mol. The van der Waals surface area contributed by atoms with E-state index in [1.54, 1.807) is 4.90 Å². The summed E-state index contributed by atoms with van der Waals surface area (Å²) in [6.07, 6.45) is 0. The highest BCUT2D eigenvalue weighted by Gasteiger charge is 2.12. The van der Waals surface area contributed by atoms with Gasteiger partial charge in [0, 0.05) is 19.2 Å². The third-order valence-electron chi connectivity index (χ3n) is 2.36. The molecule has 1 amide bonds. The van der Waals surface area contributed by atoms with E-state index in [1.807, 2.05) is 44.3 Å². The topological polar surface area (TPSA) is 46.3 Å². The van der Waals surface area contributed by atoms with Gasteiger partial charge in [0.2, 0.25) is 0 Å². The molecule has 1 rings (SSSR count). The van der Waals surface area contributed by atoms with E-state index in [0.29, 0.717) is 19.0 Å². The number of carbonyl (C=O) groups is 1. The van der Waals surface area contributed by atoms with Gasteiger partial charge in [0.15, 0.2) is 0 Å². The zero-order valence-electron chi connectivity index (χ0n) is 9.31. The van der Waals surface area contributed by atoms with E-state index >= 15 is 0 Å². The summed E-state index contributed by atoms with van der Waals surface area (Å²) in [4.78, 5) is 13.6. The minimum atomic E-state index is 0.0518. The minimum absolute atomic E-state index is 0.0518. The maximum atomic E-state index is 11.9. The Morgan fingerprint density at radius 3 is 2.53 bits per heavy atom. The SMILES string of the molecule is CC(CN)CN(C)C(=O)c1ccccc1. The standard InChI is InChI=1S/C12H18N2O/c1-10(8-13)9-14(2)12(15)11-6-4-3-5-7-11/h3-7,10H,8-9,13H2,1-2H3. The Balaban J connectivity index is 2.61. The lowest BCUT2D eigenvalue weighted by Gasteiger charge is -2.20. The largest absolute Gasteiger partial charge is 0.341 e. The number of nitrogens with two attached hydrogens (primary N) is 1. The number of hydrogen-bond acceptors (Lipinski definition) is 2. The van der Waals surface area contributed by atoms with Gasteiger partial charge in [-0.05, 0) is 24.6 Å². The number of hydrogen-bond donors (Lipinski definition) is 1. The molecule has 1 unspecified atom stereocenters. The van der Waals surface area contributed by atoms with E-state index in [0.717, 1.165) is 5.56 Å². The monoisotopic (exact) mass is 206 g/mol. The van der Waals surface area contributed by atoms with Crippen LogP contribution in [0.4, 0.5) is 0 Å². The molecule has 1 aromatic carbocycles. The van der Waals surface area contributed by atoms with Crippen molar-refractivity contribution in [3.8, 4) is 0 Å². The van der Waals surface area contributed by atoms with Crippen LogP contribution in [0.2, 0.25) is 0 Å². The Kier molecular flexibility index (Phi) is 4.31. The second kappa shape index (κ2) is 5.51. The van der Waals surface area contributed by atoms with Crippen LogP contribution in [0.3, 0.4) is 0 Å². The maximum Gasteiger partial charge on any atom is 0.253 e. The highest BCUT2D eigenvalue weighted by Crippen LogP contribution is 2.05. The van der Waals surface area contributed by atoms with Crippen LogP contribution in [0.25, 0.3) is 0 Å². The molecule has 0 bridgehead atoms. The number of rotatable bonds is 4. The molecular formula is C12H18N2O. The molecule has 0 fully saturated rings. The third kappa shape index (κ3) is 3.36. The summed E-state index contributed by atoms with van der Waals surface area (Å²) in [5.74, 6) is 0.388. The van der Waals surface area contributed by atoms with Crippen LogP contribution in [0.15, 0.2) is 30.3 Å². The van der Waals surface area contributed by atoms with Gasteiger partial charge in [-0.2, -0.15) is 0 Å². The van der Waals surface area contributed by atoms with Crippen molar-refractivity contribution in [2.24, 2.45) is 11.7 Å². The molecule has 0 aliphatic carbocycles. The fourth-order valence-electron chi connectivity index (χ4n) is 1.43. The fraction of sp³-hybridized carbons (Fsp3) is 0.417. The Morgan fingerprint density at radius 2 is 2.00 bits per heavy atom. The summed E-state index contributed by atoms with van der Waals surface area (Å²) < 4.78 is 0. The molecule has 0 aromatic heterocycles. The Hall–Kier alpha value is -1.35. The number of amides is 1. The van der Waals surface area contributed by atoms with Crippen LogP contribution in [0.1, 0.15) is 17.3 Å². The van der Waals surface area contributed by atoms with Gasteiger partial charge >= 0.3 is 0 Å². The molecule has 0 heterocycles.